The van der Waals surface area contributed by atoms with Gasteiger partial charge in [-0.2, -0.15) is 0 Å². The third kappa shape index (κ3) is 4.24. The second-order valence-corrected chi connectivity index (χ2v) is 7.27. The van der Waals surface area contributed by atoms with Gasteiger partial charge in [0.25, 0.3) is 0 Å². The summed E-state index contributed by atoms with van der Waals surface area (Å²) in [5, 5.41) is 12.9. The lowest BCUT2D eigenvalue weighted by atomic mass is 9.76. The number of aliphatic hydroxyl groups excluding tert-OH is 1. The Balaban J connectivity index is 1.94. The summed E-state index contributed by atoms with van der Waals surface area (Å²) in [6.45, 7) is 7.23. The summed E-state index contributed by atoms with van der Waals surface area (Å²) in [4.78, 5) is 0. The molecule has 1 aromatic carbocycles. The monoisotopic (exact) mass is 275 g/mol. The van der Waals surface area contributed by atoms with Crippen molar-refractivity contribution in [3.8, 4) is 0 Å². The van der Waals surface area contributed by atoms with E-state index in [0.29, 0.717) is 11.5 Å². The molecule has 0 spiro atoms. The maximum absolute atomic E-state index is 9.21. The number of rotatable bonds is 3. The van der Waals surface area contributed by atoms with Crippen molar-refractivity contribution in [2.24, 2.45) is 11.3 Å². The zero-order valence-corrected chi connectivity index (χ0v) is 13.2. The number of nitrogens with one attached hydrogen (secondary N) is 1. The van der Waals surface area contributed by atoms with E-state index in [1.165, 1.54) is 32.1 Å². The van der Waals surface area contributed by atoms with Crippen LogP contribution in [0.4, 0.5) is 5.69 Å². The normalized spacial score (nSPS) is 24.2. The third-order valence-corrected chi connectivity index (χ3v) is 4.67. The molecule has 0 aromatic heterocycles. The molecule has 0 radical (unpaired) electrons. The van der Waals surface area contributed by atoms with E-state index in [4.69, 9.17) is 0 Å². The van der Waals surface area contributed by atoms with Crippen LogP contribution >= 0.6 is 0 Å². The molecule has 2 N–H and O–H groups in total. The van der Waals surface area contributed by atoms with Gasteiger partial charge in [0, 0.05) is 11.7 Å². The van der Waals surface area contributed by atoms with E-state index in [9.17, 15) is 5.11 Å². The van der Waals surface area contributed by atoms with Crippen LogP contribution in [0.1, 0.15) is 58.4 Å². The minimum Gasteiger partial charge on any atom is -0.392 e. The summed E-state index contributed by atoms with van der Waals surface area (Å²) >= 11 is 0. The summed E-state index contributed by atoms with van der Waals surface area (Å²) in [5.41, 5.74) is 2.57. The van der Waals surface area contributed by atoms with Gasteiger partial charge in [-0.05, 0) is 54.7 Å². The van der Waals surface area contributed by atoms with Gasteiger partial charge in [0.05, 0.1) is 6.61 Å². The lowest BCUT2D eigenvalue weighted by Crippen LogP contribution is -2.21. The van der Waals surface area contributed by atoms with E-state index in [1.807, 2.05) is 12.1 Å². The first-order valence-electron chi connectivity index (χ1n) is 7.95. The molecule has 2 nitrogen and oxygen atoms in total. The molecule has 20 heavy (non-hydrogen) atoms. The van der Waals surface area contributed by atoms with E-state index >= 15 is 0 Å². The van der Waals surface area contributed by atoms with Gasteiger partial charge in [-0.3, -0.25) is 0 Å². The van der Waals surface area contributed by atoms with Gasteiger partial charge in [-0.25, -0.2) is 0 Å². The Hall–Kier alpha value is -1.02. The van der Waals surface area contributed by atoms with Crippen LogP contribution in [0.3, 0.4) is 0 Å². The van der Waals surface area contributed by atoms with Crippen LogP contribution in [-0.2, 0) is 6.61 Å². The number of aliphatic hydroxyl groups is 1. The fourth-order valence-electron chi connectivity index (χ4n) is 3.31. The summed E-state index contributed by atoms with van der Waals surface area (Å²) in [5.74, 6) is 0.845. The second-order valence-electron chi connectivity index (χ2n) is 7.27. The molecule has 112 valence electrons. The fourth-order valence-corrected chi connectivity index (χ4v) is 3.31. The van der Waals surface area contributed by atoms with E-state index in [-0.39, 0.29) is 6.61 Å². The Morgan fingerprint density at radius 3 is 2.65 bits per heavy atom. The van der Waals surface area contributed by atoms with E-state index in [2.05, 4.69) is 38.2 Å². The molecule has 2 atom stereocenters. The zero-order chi connectivity index (χ0) is 14.6. The molecule has 2 heteroatoms. The maximum Gasteiger partial charge on any atom is 0.0682 e. The molecule has 1 saturated carbocycles. The van der Waals surface area contributed by atoms with Gasteiger partial charge in [-0.1, -0.05) is 39.3 Å². The highest BCUT2D eigenvalue weighted by Gasteiger charge is 2.27. The summed E-state index contributed by atoms with van der Waals surface area (Å²) in [6.07, 6.45) is 6.51. The van der Waals surface area contributed by atoms with Crippen molar-refractivity contribution >= 4 is 5.69 Å². The minimum atomic E-state index is 0.117. The molecule has 1 aliphatic rings. The molecule has 1 fully saturated rings. The molecule has 0 heterocycles. The maximum atomic E-state index is 9.21. The van der Waals surface area contributed by atoms with Gasteiger partial charge >= 0.3 is 0 Å². The topological polar surface area (TPSA) is 32.3 Å². The molecule has 0 bridgehead atoms. The summed E-state index contributed by atoms with van der Waals surface area (Å²) in [6, 6.07) is 8.73. The van der Waals surface area contributed by atoms with Gasteiger partial charge in [0.1, 0.15) is 0 Å². The molecular formula is C18H29NO. The second kappa shape index (κ2) is 6.62. The summed E-state index contributed by atoms with van der Waals surface area (Å²) < 4.78 is 0. The standard InChI is InChI=1S/C18H29NO/c1-18(2,3)15-7-5-8-16(11-10-15)19-17-9-4-6-14(12-17)13-20/h4,6,9,12,15-16,19-20H,5,7-8,10-11,13H2,1-3H3. The molecule has 2 rings (SSSR count). The van der Waals surface area contributed by atoms with Gasteiger partial charge in [0.15, 0.2) is 0 Å². The molecule has 2 unspecified atom stereocenters. The highest BCUT2D eigenvalue weighted by atomic mass is 16.3. The first-order valence-corrected chi connectivity index (χ1v) is 7.95. The SMILES string of the molecule is CC(C)(C)C1CCCC(Nc2cccc(CO)c2)CC1. The van der Waals surface area contributed by atoms with Crippen LogP contribution in [0.2, 0.25) is 0 Å². The van der Waals surface area contributed by atoms with Crippen molar-refractivity contribution in [1.29, 1.82) is 0 Å². The minimum absolute atomic E-state index is 0.117. The largest absolute Gasteiger partial charge is 0.392 e. The van der Waals surface area contributed by atoms with E-state index in [0.717, 1.165) is 17.2 Å². The predicted molar refractivity (Wildman–Crippen MR) is 85.8 cm³/mol. The Morgan fingerprint density at radius 2 is 1.95 bits per heavy atom. The molecule has 1 aromatic rings. The highest BCUT2D eigenvalue weighted by Crippen LogP contribution is 2.37. The Labute approximate surface area is 123 Å². The number of hydrogen-bond donors (Lipinski definition) is 2. The van der Waals surface area contributed by atoms with Crippen LogP contribution in [-0.4, -0.2) is 11.1 Å². The van der Waals surface area contributed by atoms with Crippen LogP contribution in [0.5, 0.6) is 0 Å². The molecular weight excluding hydrogens is 246 g/mol. The van der Waals surface area contributed by atoms with Crippen molar-refractivity contribution in [1.82, 2.24) is 0 Å². The van der Waals surface area contributed by atoms with Crippen molar-refractivity contribution in [3.05, 3.63) is 29.8 Å². The number of anilines is 1. The molecule has 0 saturated heterocycles. The van der Waals surface area contributed by atoms with Crippen LogP contribution in [0.15, 0.2) is 24.3 Å². The van der Waals surface area contributed by atoms with Gasteiger partial charge in [-0.15, -0.1) is 0 Å². The number of hydrogen-bond acceptors (Lipinski definition) is 2. The lowest BCUT2D eigenvalue weighted by Gasteiger charge is -2.29. The smallest absolute Gasteiger partial charge is 0.0682 e. The van der Waals surface area contributed by atoms with Gasteiger partial charge in [0.2, 0.25) is 0 Å². The summed E-state index contributed by atoms with van der Waals surface area (Å²) in [7, 11) is 0. The van der Waals surface area contributed by atoms with Crippen LogP contribution in [0.25, 0.3) is 0 Å². The zero-order valence-electron chi connectivity index (χ0n) is 13.2. The molecule has 0 amide bonds. The van der Waals surface area contributed by atoms with Crippen molar-refractivity contribution < 1.29 is 5.11 Å². The van der Waals surface area contributed by atoms with Crippen molar-refractivity contribution in [2.45, 2.75) is 65.5 Å². The van der Waals surface area contributed by atoms with E-state index < -0.39 is 0 Å². The quantitative estimate of drug-likeness (QED) is 0.791. The van der Waals surface area contributed by atoms with E-state index in [1.54, 1.807) is 0 Å². The number of benzene rings is 1. The van der Waals surface area contributed by atoms with Gasteiger partial charge < -0.3 is 10.4 Å². The fraction of sp³-hybridized carbons (Fsp3) is 0.667. The van der Waals surface area contributed by atoms with Crippen LogP contribution < -0.4 is 5.32 Å². The highest BCUT2D eigenvalue weighted by molar-refractivity contribution is 5.46. The first-order chi connectivity index (χ1) is 9.49. The third-order valence-electron chi connectivity index (χ3n) is 4.67. The predicted octanol–water partition coefficient (Wildman–Crippen LogP) is 4.59. The first kappa shape index (κ1) is 15.4. The lowest BCUT2D eigenvalue weighted by molar-refractivity contribution is 0.214. The Morgan fingerprint density at radius 1 is 1.15 bits per heavy atom. The molecule has 1 aliphatic carbocycles. The average Bonchev–Trinajstić information content (AvgIpc) is 2.64. The Kier molecular flexibility index (Phi) is 5.09. The Bertz CT molecular complexity index is 422. The van der Waals surface area contributed by atoms with Crippen LogP contribution in [0, 0.1) is 11.3 Å². The van der Waals surface area contributed by atoms with Crippen molar-refractivity contribution in [3.63, 3.8) is 0 Å². The average molecular weight is 275 g/mol. The van der Waals surface area contributed by atoms with Crippen molar-refractivity contribution in [2.75, 3.05) is 5.32 Å². The molecule has 0 aliphatic heterocycles.